The summed E-state index contributed by atoms with van der Waals surface area (Å²) in [7, 11) is 0.224. The minimum atomic E-state index is -3.59. The van der Waals surface area contributed by atoms with Crippen molar-refractivity contribution in [2.45, 2.75) is 24.3 Å². The van der Waals surface area contributed by atoms with Crippen LogP contribution in [0, 0.1) is 0 Å². The quantitative estimate of drug-likeness (QED) is 0.526. The molecule has 0 fully saturated rings. The molecular formula is C12H22N4O2S. The number of para-hydroxylation sites is 1. The molecule has 108 valence electrons. The SMILES string of the molecule is CN(C)C(C)(C)CNS(=O)(=O)c1ccccc1NN. The number of nitrogens with one attached hydrogen (secondary N) is 2. The van der Waals surface area contributed by atoms with E-state index in [2.05, 4.69) is 10.1 Å². The van der Waals surface area contributed by atoms with Gasteiger partial charge in [-0.25, -0.2) is 13.1 Å². The first-order valence-corrected chi connectivity index (χ1v) is 7.42. The molecule has 0 aliphatic rings. The molecule has 0 radical (unpaired) electrons. The van der Waals surface area contributed by atoms with Crippen molar-refractivity contribution < 1.29 is 8.42 Å². The highest BCUT2D eigenvalue weighted by atomic mass is 32.2. The highest BCUT2D eigenvalue weighted by molar-refractivity contribution is 7.89. The molecule has 0 saturated carbocycles. The molecule has 0 atom stereocenters. The standard InChI is InChI=1S/C12H22N4O2S/c1-12(2,16(3)4)9-14-19(17,18)11-8-6-5-7-10(11)15-13/h5-8,14-15H,9,13H2,1-4H3. The van der Waals surface area contributed by atoms with Crippen LogP contribution in [0.1, 0.15) is 13.8 Å². The molecule has 7 heteroatoms. The zero-order chi connectivity index (χ0) is 14.7. The number of likely N-dealkylation sites (N-methyl/N-ethyl adjacent to an activating group) is 1. The molecule has 0 aromatic heterocycles. The van der Waals surface area contributed by atoms with Crippen LogP contribution in [0.15, 0.2) is 29.2 Å². The van der Waals surface area contributed by atoms with Gasteiger partial charge in [-0.3, -0.25) is 5.84 Å². The predicted molar refractivity (Wildman–Crippen MR) is 77.2 cm³/mol. The zero-order valence-corrected chi connectivity index (χ0v) is 12.6. The lowest BCUT2D eigenvalue weighted by molar-refractivity contribution is 0.199. The van der Waals surface area contributed by atoms with Gasteiger partial charge in [0.25, 0.3) is 0 Å². The summed E-state index contributed by atoms with van der Waals surface area (Å²) in [5, 5.41) is 0. The maximum atomic E-state index is 12.3. The Labute approximate surface area is 115 Å². The van der Waals surface area contributed by atoms with E-state index >= 15 is 0 Å². The molecule has 0 aliphatic carbocycles. The molecule has 1 aromatic carbocycles. The van der Waals surface area contributed by atoms with Gasteiger partial charge in [0, 0.05) is 12.1 Å². The maximum absolute atomic E-state index is 12.3. The summed E-state index contributed by atoms with van der Waals surface area (Å²) in [5.41, 5.74) is 2.49. The summed E-state index contributed by atoms with van der Waals surface area (Å²) in [5.74, 6) is 5.33. The van der Waals surface area contributed by atoms with E-state index in [9.17, 15) is 8.42 Å². The lowest BCUT2D eigenvalue weighted by atomic mass is 10.1. The average Bonchev–Trinajstić information content (AvgIpc) is 2.36. The Kier molecular flexibility index (Phi) is 4.92. The van der Waals surface area contributed by atoms with Gasteiger partial charge in [-0.1, -0.05) is 12.1 Å². The summed E-state index contributed by atoms with van der Waals surface area (Å²) < 4.78 is 27.1. The molecule has 1 aromatic rings. The molecule has 0 amide bonds. The van der Waals surface area contributed by atoms with Crippen molar-refractivity contribution >= 4 is 15.7 Å². The highest BCUT2D eigenvalue weighted by Gasteiger charge is 2.25. The first-order valence-electron chi connectivity index (χ1n) is 5.93. The number of rotatable bonds is 6. The van der Waals surface area contributed by atoms with Gasteiger partial charge >= 0.3 is 0 Å². The Hall–Kier alpha value is -1.15. The fourth-order valence-corrected chi connectivity index (χ4v) is 2.70. The van der Waals surface area contributed by atoms with Crippen LogP contribution in [-0.2, 0) is 10.0 Å². The normalized spacial score (nSPS) is 12.7. The van der Waals surface area contributed by atoms with E-state index in [1.807, 2.05) is 32.8 Å². The minimum absolute atomic E-state index is 0.145. The summed E-state index contributed by atoms with van der Waals surface area (Å²) >= 11 is 0. The van der Waals surface area contributed by atoms with Crippen LogP contribution in [0.25, 0.3) is 0 Å². The van der Waals surface area contributed by atoms with E-state index in [-0.39, 0.29) is 10.4 Å². The van der Waals surface area contributed by atoms with Gasteiger partial charge in [0.05, 0.1) is 5.69 Å². The third kappa shape index (κ3) is 3.90. The van der Waals surface area contributed by atoms with Crippen LogP contribution < -0.4 is 16.0 Å². The second kappa shape index (κ2) is 5.87. The Bertz CT molecular complexity index is 526. The number of anilines is 1. The molecule has 0 aliphatic heterocycles. The molecule has 0 unspecified atom stereocenters. The molecule has 6 nitrogen and oxygen atoms in total. The second-order valence-electron chi connectivity index (χ2n) is 5.17. The fraction of sp³-hybridized carbons (Fsp3) is 0.500. The van der Waals surface area contributed by atoms with E-state index < -0.39 is 10.0 Å². The van der Waals surface area contributed by atoms with Gasteiger partial charge in [-0.05, 0) is 40.1 Å². The van der Waals surface area contributed by atoms with Crippen molar-refractivity contribution in [3.8, 4) is 0 Å². The van der Waals surface area contributed by atoms with Crippen molar-refractivity contribution in [2.75, 3.05) is 26.1 Å². The molecule has 0 bridgehead atoms. The van der Waals surface area contributed by atoms with E-state index in [1.54, 1.807) is 18.2 Å². The molecule has 4 N–H and O–H groups in total. The number of benzene rings is 1. The number of nitrogen functional groups attached to an aromatic ring is 1. The summed E-state index contributed by atoms with van der Waals surface area (Å²) in [6.07, 6.45) is 0. The number of hydrazine groups is 1. The highest BCUT2D eigenvalue weighted by Crippen LogP contribution is 2.20. The Morgan fingerprint density at radius 1 is 1.26 bits per heavy atom. The zero-order valence-electron chi connectivity index (χ0n) is 11.8. The Morgan fingerprint density at radius 2 is 1.84 bits per heavy atom. The fourth-order valence-electron chi connectivity index (χ4n) is 1.33. The summed E-state index contributed by atoms with van der Waals surface area (Å²) in [6.45, 7) is 4.23. The summed E-state index contributed by atoms with van der Waals surface area (Å²) in [4.78, 5) is 2.11. The Morgan fingerprint density at radius 3 is 2.37 bits per heavy atom. The molecule has 0 heterocycles. The largest absolute Gasteiger partial charge is 0.323 e. The molecule has 1 rings (SSSR count). The molecular weight excluding hydrogens is 264 g/mol. The topological polar surface area (TPSA) is 87.5 Å². The van der Waals surface area contributed by atoms with Gasteiger partial charge in [0.1, 0.15) is 4.90 Å². The lowest BCUT2D eigenvalue weighted by Crippen LogP contribution is -2.48. The van der Waals surface area contributed by atoms with Crippen LogP contribution in [0.2, 0.25) is 0 Å². The third-order valence-corrected chi connectivity index (χ3v) is 4.70. The number of sulfonamides is 1. The minimum Gasteiger partial charge on any atom is -0.323 e. The second-order valence-corrected chi connectivity index (χ2v) is 6.91. The van der Waals surface area contributed by atoms with Crippen molar-refractivity contribution in [3.05, 3.63) is 24.3 Å². The first-order chi connectivity index (χ1) is 8.70. The van der Waals surface area contributed by atoms with Gasteiger partial charge in [0.2, 0.25) is 10.0 Å². The van der Waals surface area contributed by atoms with Gasteiger partial charge < -0.3 is 10.3 Å². The van der Waals surface area contributed by atoms with Crippen LogP contribution in [0.4, 0.5) is 5.69 Å². The average molecular weight is 286 g/mol. The van der Waals surface area contributed by atoms with Gasteiger partial charge in [-0.15, -0.1) is 0 Å². The van der Waals surface area contributed by atoms with E-state index in [1.165, 1.54) is 6.07 Å². The molecule has 0 spiro atoms. The van der Waals surface area contributed by atoms with E-state index in [4.69, 9.17) is 5.84 Å². The van der Waals surface area contributed by atoms with Crippen LogP contribution in [-0.4, -0.2) is 39.5 Å². The molecule has 19 heavy (non-hydrogen) atoms. The van der Waals surface area contributed by atoms with Gasteiger partial charge in [0.15, 0.2) is 0 Å². The number of hydrogen-bond donors (Lipinski definition) is 3. The summed E-state index contributed by atoms with van der Waals surface area (Å²) in [6, 6.07) is 6.51. The predicted octanol–water partition coefficient (Wildman–Crippen LogP) is 0.591. The first kappa shape index (κ1) is 15.9. The third-order valence-electron chi connectivity index (χ3n) is 3.24. The van der Waals surface area contributed by atoms with Crippen LogP contribution in [0.5, 0.6) is 0 Å². The number of nitrogens with zero attached hydrogens (tertiary/aromatic N) is 1. The van der Waals surface area contributed by atoms with Crippen LogP contribution in [0.3, 0.4) is 0 Å². The van der Waals surface area contributed by atoms with Gasteiger partial charge in [-0.2, -0.15) is 0 Å². The maximum Gasteiger partial charge on any atom is 0.242 e. The number of nitrogens with two attached hydrogens (primary N) is 1. The van der Waals surface area contributed by atoms with Crippen molar-refractivity contribution in [3.63, 3.8) is 0 Å². The number of hydrogen-bond acceptors (Lipinski definition) is 5. The van der Waals surface area contributed by atoms with E-state index in [0.29, 0.717) is 12.2 Å². The van der Waals surface area contributed by atoms with Crippen molar-refractivity contribution in [1.82, 2.24) is 9.62 Å². The van der Waals surface area contributed by atoms with Crippen LogP contribution >= 0.6 is 0 Å². The van der Waals surface area contributed by atoms with Crippen molar-refractivity contribution in [2.24, 2.45) is 5.84 Å². The molecule has 0 saturated heterocycles. The smallest absolute Gasteiger partial charge is 0.242 e. The van der Waals surface area contributed by atoms with E-state index in [0.717, 1.165) is 0 Å². The lowest BCUT2D eigenvalue weighted by Gasteiger charge is -2.32. The Balaban J connectivity index is 2.94. The van der Waals surface area contributed by atoms with Crippen molar-refractivity contribution in [1.29, 1.82) is 0 Å². The monoisotopic (exact) mass is 286 g/mol.